The second-order valence-electron chi connectivity index (χ2n) is 10.9. The van der Waals surface area contributed by atoms with Gasteiger partial charge in [-0.1, -0.05) is 5.11 Å². The van der Waals surface area contributed by atoms with Crippen molar-refractivity contribution in [3.05, 3.63) is 34.2 Å². The molecule has 0 N–H and O–H groups in total. The molecular weight excluding hydrogens is 650 g/mol. The van der Waals surface area contributed by atoms with Gasteiger partial charge in [-0.05, 0) is 36.6 Å². The first-order chi connectivity index (χ1) is 23.5. The van der Waals surface area contributed by atoms with Crippen molar-refractivity contribution in [1.82, 2.24) is 0 Å². The molecule has 5 atom stereocenters. The van der Waals surface area contributed by atoms with Crippen LogP contribution in [-0.2, 0) is 52.3 Å². The Morgan fingerprint density at radius 2 is 1.37 bits per heavy atom. The van der Waals surface area contributed by atoms with Gasteiger partial charge in [0.1, 0.15) is 12.2 Å². The van der Waals surface area contributed by atoms with Crippen LogP contribution in [0.4, 0.5) is 0 Å². The number of benzene rings is 1. The fourth-order valence-electron chi connectivity index (χ4n) is 5.02. The topological polar surface area (TPSA) is 217 Å². The number of azide groups is 1. The fourth-order valence-corrected chi connectivity index (χ4v) is 5.02. The van der Waals surface area contributed by atoms with Gasteiger partial charge < -0.3 is 42.6 Å². The molecule has 1 aliphatic rings. The summed E-state index contributed by atoms with van der Waals surface area (Å²) >= 11 is 0. The number of hydrogen-bond donors (Lipinski definition) is 0. The first-order valence-electron chi connectivity index (χ1n) is 15.7. The predicted molar refractivity (Wildman–Crippen MR) is 169 cm³/mol. The highest BCUT2D eigenvalue weighted by Gasteiger charge is 2.52. The van der Waals surface area contributed by atoms with E-state index in [9.17, 15) is 24.0 Å². The average Bonchev–Trinajstić information content (AvgIpc) is 3.04. The van der Waals surface area contributed by atoms with Gasteiger partial charge in [-0.15, -0.1) is 0 Å². The summed E-state index contributed by atoms with van der Waals surface area (Å²) in [6.07, 6.45) is -3.87. The molecule has 0 saturated heterocycles. The fraction of sp³-hybridized carbons (Fsp3) is 0.656. The molecule has 17 heteroatoms. The van der Waals surface area contributed by atoms with Gasteiger partial charge >= 0.3 is 23.9 Å². The molecule has 1 aliphatic carbocycles. The molecule has 1 unspecified atom stereocenters. The molecular formula is C32H45N3O14. The number of hydrogen-bond acceptors (Lipinski definition) is 15. The lowest BCUT2D eigenvalue weighted by Crippen LogP contribution is -2.60. The second-order valence-corrected chi connectivity index (χ2v) is 10.9. The number of methoxy groups -OCH3 is 1. The largest absolute Gasteiger partial charge is 0.493 e. The van der Waals surface area contributed by atoms with Crippen molar-refractivity contribution in [3.8, 4) is 11.5 Å². The van der Waals surface area contributed by atoms with E-state index in [0.717, 1.165) is 6.92 Å². The molecule has 0 spiro atoms. The van der Waals surface area contributed by atoms with Gasteiger partial charge in [0.15, 0.2) is 29.5 Å². The molecule has 1 saturated carbocycles. The van der Waals surface area contributed by atoms with Gasteiger partial charge in [-0.3, -0.25) is 24.0 Å². The van der Waals surface area contributed by atoms with Crippen molar-refractivity contribution in [3.63, 3.8) is 0 Å². The molecule has 17 nitrogen and oxygen atoms in total. The van der Waals surface area contributed by atoms with Crippen LogP contribution >= 0.6 is 0 Å². The minimum atomic E-state index is -1.29. The quantitative estimate of drug-likeness (QED) is 0.0324. The highest BCUT2D eigenvalue weighted by molar-refractivity contribution is 5.96. The van der Waals surface area contributed by atoms with Crippen molar-refractivity contribution in [1.29, 1.82) is 0 Å². The Labute approximate surface area is 284 Å². The summed E-state index contributed by atoms with van der Waals surface area (Å²) in [6, 6.07) is 4.62. The maximum Gasteiger partial charge on any atom is 0.303 e. The van der Waals surface area contributed by atoms with Gasteiger partial charge in [0.25, 0.3) is 0 Å². The molecule has 1 fully saturated rings. The smallest absolute Gasteiger partial charge is 0.303 e. The van der Waals surface area contributed by atoms with Gasteiger partial charge in [-0.2, -0.15) is 0 Å². The number of rotatable bonds is 22. The molecule has 272 valence electrons. The normalized spacial score (nSPS) is 19.9. The van der Waals surface area contributed by atoms with Crippen LogP contribution in [0.2, 0.25) is 0 Å². The third kappa shape index (κ3) is 15.1. The van der Waals surface area contributed by atoms with E-state index < -0.39 is 54.2 Å². The van der Waals surface area contributed by atoms with E-state index in [2.05, 4.69) is 10.0 Å². The van der Waals surface area contributed by atoms with Gasteiger partial charge in [0.05, 0.1) is 46.8 Å². The van der Waals surface area contributed by atoms with Crippen LogP contribution in [-0.4, -0.2) is 114 Å². The first-order valence-corrected chi connectivity index (χ1v) is 15.7. The highest BCUT2D eigenvalue weighted by atomic mass is 16.6. The number of carbonyl (C=O) groups excluding carboxylic acids is 5. The van der Waals surface area contributed by atoms with E-state index in [1.165, 1.54) is 40.0 Å². The lowest BCUT2D eigenvalue weighted by molar-refractivity contribution is -0.213. The molecule has 0 bridgehead atoms. The lowest BCUT2D eigenvalue weighted by Gasteiger charge is -2.44. The van der Waals surface area contributed by atoms with Crippen LogP contribution < -0.4 is 9.47 Å². The number of esters is 4. The van der Waals surface area contributed by atoms with E-state index in [0.29, 0.717) is 51.6 Å². The average molecular weight is 696 g/mol. The van der Waals surface area contributed by atoms with E-state index in [1.54, 1.807) is 6.07 Å². The highest BCUT2D eigenvalue weighted by Crippen LogP contribution is 2.38. The maximum atomic E-state index is 12.9. The van der Waals surface area contributed by atoms with Crippen molar-refractivity contribution in [2.75, 3.05) is 59.9 Å². The number of carbonyl (C=O) groups is 5. The van der Waals surface area contributed by atoms with Crippen LogP contribution in [0.25, 0.3) is 10.4 Å². The molecule has 1 aromatic carbocycles. The van der Waals surface area contributed by atoms with Gasteiger partial charge in [0.2, 0.25) is 0 Å². The van der Waals surface area contributed by atoms with E-state index in [4.69, 9.17) is 48.2 Å². The Hall–Kier alpha value is -4.44. The monoisotopic (exact) mass is 695 g/mol. The standard InChI is InChI=1S/C32H45N3O14/c1-20(36)45-19-25-18-29(31(47-22(3)38)32(48-23(4)39)30(25)46-21(2)37)49-27-9-8-24(17-28(27)41-5)26(40)7-6-11-42-13-15-44-16-14-43-12-10-34-35-33/h8-9,17,25,29-32H,6-7,10-16,18-19H2,1-5H3/t25-,29?,30+,31+,32+/m1/s1. The Balaban J connectivity index is 2.06. The summed E-state index contributed by atoms with van der Waals surface area (Å²) in [4.78, 5) is 63.5. The van der Waals surface area contributed by atoms with Crippen LogP contribution in [0.1, 0.15) is 57.3 Å². The summed E-state index contributed by atoms with van der Waals surface area (Å²) in [5.41, 5.74) is 8.57. The van der Waals surface area contributed by atoms with Crippen LogP contribution in [0.15, 0.2) is 23.3 Å². The molecule has 49 heavy (non-hydrogen) atoms. The molecule has 0 aromatic heterocycles. The van der Waals surface area contributed by atoms with E-state index in [1.807, 2.05) is 0 Å². The third-order valence-electron chi connectivity index (χ3n) is 7.02. The molecule has 0 amide bonds. The number of ether oxygens (including phenoxy) is 9. The zero-order valence-corrected chi connectivity index (χ0v) is 28.5. The van der Waals surface area contributed by atoms with Crippen molar-refractivity contribution in [2.24, 2.45) is 11.0 Å². The maximum absolute atomic E-state index is 12.9. The Morgan fingerprint density at radius 3 is 1.96 bits per heavy atom. The molecule has 0 aliphatic heterocycles. The zero-order chi connectivity index (χ0) is 36.2. The summed E-state index contributed by atoms with van der Waals surface area (Å²) in [5.74, 6) is -3.14. The van der Waals surface area contributed by atoms with Crippen LogP contribution in [0, 0.1) is 5.92 Å². The Morgan fingerprint density at radius 1 is 0.776 bits per heavy atom. The first kappa shape index (κ1) is 40.7. The minimum Gasteiger partial charge on any atom is -0.493 e. The van der Waals surface area contributed by atoms with Crippen LogP contribution in [0.5, 0.6) is 11.5 Å². The van der Waals surface area contributed by atoms with E-state index >= 15 is 0 Å². The number of ketones is 1. The molecule has 0 heterocycles. The summed E-state index contributed by atoms with van der Waals surface area (Å²) < 4.78 is 49.7. The van der Waals surface area contributed by atoms with Crippen molar-refractivity contribution in [2.45, 2.75) is 71.4 Å². The van der Waals surface area contributed by atoms with E-state index in [-0.39, 0.29) is 43.3 Å². The molecule has 1 aromatic rings. The second kappa shape index (κ2) is 22.2. The Kier molecular flexibility index (Phi) is 18.5. The number of nitrogens with zero attached hydrogens (tertiary/aromatic N) is 3. The third-order valence-corrected chi connectivity index (χ3v) is 7.02. The van der Waals surface area contributed by atoms with Crippen LogP contribution in [0.3, 0.4) is 0 Å². The minimum absolute atomic E-state index is 0.0580. The SMILES string of the molecule is COc1cc(C(=O)CCCOCCOCCOCCN=[N+]=[N-])ccc1OC1C[C@H](COC(C)=O)[C@H](OC(C)=O)[C@H](OC(C)=O)[C@H]1OC(C)=O. The molecule has 0 radical (unpaired) electrons. The summed E-state index contributed by atoms with van der Waals surface area (Å²) in [6.45, 7) is 6.92. The molecule has 2 rings (SSSR count). The summed E-state index contributed by atoms with van der Waals surface area (Å²) in [5, 5.41) is 3.36. The lowest BCUT2D eigenvalue weighted by atomic mass is 9.80. The van der Waals surface area contributed by atoms with Crippen molar-refractivity contribution >= 4 is 29.7 Å². The zero-order valence-electron chi connectivity index (χ0n) is 28.5. The number of Topliss-reactive ketones (excluding diaryl/α,β-unsaturated/α-hetero) is 1. The van der Waals surface area contributed by atoms with Gasteiger partial charge in [-0.25, -0.2) is 0 Å². The summed E-state index contributed by atoms with van der Waals surface area (Å²) in [7, 11) is 1.40. The van der Waals surface area contributed by atoms with Gasteiger partial charge in [0, 0.05) is 63.7 Å². The van der Waals surface area contributed by atoms with Crippen molar-refractivity contribution < 1.29 is 66.6 Å². The predicted octanol–water partition coefficient (Wildman–Crippen LogP) is 3.14. The Bertz CT molecular complexity index is 1300.